The molecular weight excluding hydrogens is 422 g/mol. The lowest BCUT2D eigenvalue weighted by Gasteiger charge is -2.27. The summed E-state index contributed by atoms with van der Waals surface area (Å²) in [6.07, 6.45) is 0.186. The van der Waals surface area contributed by atoms with E-state index in [0.29, 0.717) is 30.4 Å². The zero-order valence-corrected chi connectivity index (χ0v) is 19.4. The molecule has 0 saturated carbocycles. The van der Waals surface area contributed by atoms with Crippen LogP contribution in [-0.4, -0.2) is 40.6 Å². The molecule has 1 amide bonds. The maximum atomic E-state index is 12.4. The molecule has 8 heteroatoms. The van der Waals surface area contributed by atoms with Gasteiger partial charge in [0.2, 0.25) is 5.82 Å². The minimum atomic E-state index is -0.509. The maximum absolute atomic E-state index is 12.4. The second kappa shape index (κ2) is 11.3. The molecule has 1 heterocycles. The van der Waals surface area contributed by atoms with E-state index in [1.54, 1.807) is 12.1 Å². The Hall–Kier alpha value is -3.68. The van der Waals surface area contributed by atoms with E-state index in [0.717, 1.165) is 16.7 Å². The SMILES string of the molecule is Cc1ccc(-c2nc(COc3ccc([C@@H](C)N(CC=O)C(=O)OCC(C)C)cc3)no2)cc1. The number of aromatic nitrogens is 2. The van der Waals surface area contributed by atoms with Crippen molar-refractivity contribution < 1.29 is 23.6 Å². The van der Waals surface area contributed by atoms with E-state index in [1.165, 1.54) is 4.90 Å². The van der Waals surface area contributed by atoms with Crippen LogP contribution in [0.1, 0.15) is 43.8 Å². The Kier molecular flexibility index (Phi) is 8.18. The molecule has 0 saturated heterocycles. The summed E-state index contributed by atoms with van der Waals surface area (Å²) in [6.45, 7) is 8.19. The molecule has 3 aromatic rings. The van der Waals surface area contributed by atoms with Crippen molar-refractivity contribution in [3.05, 3.63) is 65.5 Å². The Balaban J connectivity index is 1.59. The van der Waals surface area contributed by atoms with Crippen LogP contribution in [0.3, 0.4) is 0 Å². The van der Waals surface area contributed by atoms with Gasteiger partial charge in [-0.2, -0.15) is 4.98 Å². The minimum absolute atomic E-state index is 0.0442. The Morgan fingerprint density at radius 1 is 1.09 bits per heavy atom. The van der Waals surface area contributed by atoms with E-state index >= 15 is 0 Å². The molecule has 3 rings (SSSR count). The number of ether oxygens (including phenoxy) is 2. The van der Waals surface area contributed by atoms with Crippen molar-refractivity contribution in [2.45, 2.75) is 40.3 Å². The van der Waals surface area contributed by atoms with Crippen molar-refractivity contribution in [2.24, 2.45) is 5.92 Å². The second-order valence-electron chi connectivity index (χ2n) is 8.21. The zero-order valence-electron chi connectivity index (χ0n) is 19.4. The van der Waals surface area contributed by atoms with Crippen LogP contribution >= 0.6 is 0 Å². The Bertz CT molecular complexity index is 1040. The third kappa shape index (κ3) is 6.65. The summed E-state index contributed by atoms with van der Waals surface area (Å²) < 4.78 is 16.4. The molecule has 33 heavy (non-hydrogen) atoms. The van der Waals surface area contributed by atoms with Crippen LogP contribution in [0.25, 0.3) is 11.5 Å². The molecule has 1 atom stereocenters. The molecule has 1 aromatic heterocycles. The third-order valence-corrected chi connectivity index (χ3v) is 5.01. The highest BCUT2D eigenvalue weighted by Crippen LogP contribution is 2.24. The van der Waals surface area contributed by atoms with Gasteiger partial charge in [0.15, 0.2) is 6.61 Å². The minimum Gasteiger partial charge on any atom is -0.485 e. The number of amides is 1. The van der Waals surface area contributed by atoms with Gasteiger partial charge in [0.25, 0.3) is 5.89 Å². The van der Waals surface area contributed by atoms with Crippen molar-refractivity contribution in [1.29, 1.82) is 0 Å². The van der Waals surface area contributed by atoms with Crippen LogP contribution in [0.2, 0.25) is 0 Å². The monoisotopic (exact) mass is 451 g/mol. The molecule has 0 bridgehead atoms. The summed E-state index contributed by atoms with van der Waals surface area (Å²) in [6, 6.07) is 14.8. The number of rotatable bonds is 10. The molecule has 0 unspecified atom stereocenters. The predicted octanol–water partition coefficient (Wildman–Crippen LogP) is 4.98. The number of hydrogen-bond acceptors (Lipinski definition) is 7. The molecule has 0 N–H and O–H groups in total. The molecule has 174 valence electrons. The number of benzene rings is 2. The fourth-order valence-corrected chi connectivity index (χ4v) is 3.09. The van der Waals surface area contributed by atoms with E-state index in [1.807, 2.05) is 64.1 Å². The predicted molar refractivity (Wildman–Crippen MR) is 123 cm³/mol. The summed E-state index contributed by atoms with van der Waals surface area (Å²) in [7, 11) is 0. The van der Waals surface area contributed by atoms with Gasteiger partial charge in [0, 0.05) is 5.56 Å². The third-order valence-electron chi connectivity index (χ3n) is 5.01. The maximum Gasteiger partial charge on any atom is 0.410 e. The van der Waals surface area contributed by atoms with Gasteiger partial charge in [-0.1, -0.05) is 48.8 Å². The topological polar surface area (TPSA) is 94.8 Å². The van der Waals surface area contributed by atoms with E-state index in [2.05, 4.69) is 10.1 Å². The second-order valence-corrected chi connectivity index (χ2v) is 8.21. The number of carbonyl (C=O) groups excluding carboxylic acids is 2. The van der Waals surface area contributed by atoms with Gasteiger partial charge in [-0.3, -0.25) is 4.90 Å². The highest BCUT2D eigenvalue weighted by Gasteiger charge is 2.23. The molecule has 0 radical (unpaired) electrons. The fourth-order valence-electron chi connectivity index (χ4n) is 3.09. The van der Waals surface area contributed by atoms with E-state index in [4.69, 9.17) is 14.0 Å². The molecule has 0 aliphatic rings. The van der Waals surface area contributed by atoms with Gasteiger partial charge in [-0.15, -0.1) is 0 Å². The van der Waals surface area contributed by atoms with Crippen LogP contribution < -0.4 is 4.74 Å². The summed E-state index contributed by atoms with van der Waals surface area (Å²) in [5.74, 6) is 1.72. The highest BCUT2D eigenvalue weighted by molar-refractivity contribution is 5.72. The summed E-state index contributed by atoms with van der Waals surface area (Å²) in [5.41, 5.74) is 2.86. The van der Waals surface area contributed by atoms with Gasteiger partial charge in [-0.05, 0) is 49.6 Å². The van der Waals surface area contributed by atoms with Crippen molar-refractivity contribution in [1.82, 2.24) is 15.0 Å². The zero-order chi connectivity index (χ0) is 23.8. The molecular formula is C25H29N3O5. The Labute approximate surface area is 193 Å². The average molecular weight is 452 g/mol. The Morgan fingerprint density at radius 2 is 1.79 bits per heavy atom. The molecule has 8 nitrogen and oxygen atoms in total. The lowest BCUT2D eigenvalue weighted by Crippen LogP contribution is -2.36. The van der Waals surface area contributed by atoms with Gasteiger partial charge in [-0.25, -0.2) is 4.79 Å². The lowest BCUT2D eigenvalue weighted by atomic mass is 10.1. The number of aldehydes is 1. The van der Waals surface area contributed by atoms with E-state index in [-0.39, 0.29) is 25.1 Å². The number of carbonyl (C=O) groups is 2. The lowest BCUT2D eigenvalue weighted by molar-refractivity contribution is -0.109. The largest absolute Gasteiger partial charge is 0.485 e. The van der Waals surface area contributed by atoms with Gasteiger partial charge < -0.3 is 18.8 Å². The van der Waals surface area contributed by atoms with Crippen LogP contribution in [0.5, 0.6) is 5.75 Å². The molecule has 2 aromatic carbocycles. The van der Waals surface area contributed by atoms with Gasteiger partial charge in [0.1, 0.15) is 12.0 Å². The fraction of sp³-hybridized carbons (Fsp3) is 0.360. The quantitative estimate of drug-likeness (QED) is 0.401. The average Bonchev–Trinajstić information content (AvgIpc) is 3.29. The summed E-state index contributed by atoms with van der Waals surface area (Å²) in [4.78, 5) is 29.3. The molecule has 0 spiro atoms. The first-order chi connectivity index (χ1) is 15.9. The van der Waals surface area contributed by atoms with Crippen molar-refractivity contribution in [3.8, 4) is 17.2 Å². The summed E-state index contributed by atoms with van der Waals surface area (Å²) in [5, 5.41) is 3.97. The highest BCUT2D eigenvalue weighted by atomic mass is 16.6. The van der Waals surface area contributed by atoms with Crippen LogP contribution in [0.15, 0.2) is 53.1 Å². The van der Waals surface area contributed by atoms with Crippen LogP contribution in [0, 0.1) is 12.8 Å². The molecule has 0 aliphatic carbocycles. The first kappa shape index (κ1) is 24.0. The van der Waals surface area contributed by atoms with Crippen molar-refractivity contribution >= 4 is 12.4 Å². The van der Waals surface area contributed by atoms with Crippen molar-refractivity contribution in [2.75, 3.05) is 13.2 Å². The number of aryl methyl sites for hydroxylation is 1. The van der Waals surface area contributed by atoms with E-state index in [9.17, 15) is 9.59 Å². The van der Waals surface area contributed by atoms with E-state index < -0.39 is 6.09 Å². The smallest absolute Gasteiger partial charge is 0.410 e. The Morgan fingerprint density at radius 3 is 2.42 bits per heavy atom. The van der Waals surface area contributed by atoms with Crippen LogP contribution in [-0.2, 0) is 16.1 Å². The van der Waals surface area contributed by atoms with Gasteiger partial charge in [0.05, 0.1) is 19.2 Å². The van der Waals surface area contributed by atoms with Crippen LogP contribution in [0.4, 0.5) is 4.79 Å². The number of hydrogen-bond donors (Lipinski definition) is 0. The first-order valence-corrected chi connectivity index (χ1v) is 10.9. The molecule has 0 aliphatic heterocycles. The normalized spacial score (nSPS) is 11.8. The van der Waals surface area contributed by atoms with Gasteiger partial charge >= 0.3 is 6.09 Å². The number of nitrogens with zero attached hydrogens (tertiary/aromatic N) is 3. The summed E-state index contributed by atoms with van der Waals surface area (Å²) >= 11 is 0. The first-order valence-electron chi connectivity index (χ1n) is 10.9. The standard InChI is InChI=1S/C25H29N3O5/c1-17(2)15-32-25(30)28(13-14-29)19(4)20-9-11-22(12-10-20)31-16-23-26-24(33-27-23)21-7-5-18(3)6-8-21/h5-12,14,17,19H,13,15-16H2,1-4H3/t19-/m1/s1. The van der Waals surface area contributed by atoms with Crippen molar-refractivity contribution in [3.63, 3.8) is 0 Å². The molecule has 0 fully saturated rings.